The van der Waals surface area contributed by atoms with Gasteiger partial charge in [0.15, 0.2) is 0 Å². The number of nitriles is 1. The van der Waals surface area contributed by atoms with Crippen LogP contribution in [0.25, 0.3) is 85.0 Å². The monoisotopic (exact) mass is 1610 g/mol. The van der Waals surface area contributed by atoms with Crippen LogP contribution >= 0.6 is 22.7 Å². The third-order valence-electron chi connectivity index (χ3n) is 20.9. The van der Waals surface area contributed by atoms with E-state index < -0.39 is 5.41 Å². The number of para-hydroxylation sites is 3. The molecule has 1 N–H and O–H groups in total. The second-order valence-corrected chi connectivity index (χ2v) is 30.2. The maximum Gasteiger partial charge on any atom is 0.316 e. The second-order valence-electron chi connectivity index (χ2n) is 28.2. The minimum Gasteiger partial charge on any atom is -0.464 e. The molecule has 117 heavy (non-hydrogen) atoms. The van der Waals surface area contributed by atoms with Crippen molar-refractivity contribution < 1.29 is 18.4 Å². The fraction of sp³-hybridized carbons (Fsp3) is 0.394. The smallest absolute Gasteiger partial charge is 0.316 e. The number of benzene rings is 10. The molecule has 0 amide bonds. The van der Waals surface area contributed by atoms with Gasteiger partial charge in [-0.25, -0.2) is 0 Å². The molecule has 0 bridgehead atoms. The lowest BCUT2D eigenvalue weighted by Gasteiger charge is -2.19. The van der Waals surface area contributed by atoms with E-state index >= 15 is 0 Å². The first-order valence-corrected chi connectivity index (χ1v) is 46.0. The Morgan fingerprint density at radius 2 is 0.889 bits per heavy atom. The van der Waals surface area contributed by atoms with Gasteiger partial charge in [-0.2, -0.15) is 5.26 Å². The van der Waals surface area contributed by atoms with Crippen molar-refractivity contribution in [2.75, 3.05) is 0 Å². The summed E-state index contributed by atoms with van der Waals surface area (Å²) >= 11 is 3.75. The zero-order chi connectivity index (χ0) is 87.6. The number of nitrogens with zero attached hydrogens (tertiary/aromatic N) is 1. The maximum absolute atomic E-state index is 11.6. The molecule has 5 heterocycles. The maximum atomic E-state index is 11.6. The van der Waals surface area contributed by atoms with Crippen molar-refractivity contribution in [3.8, 4) is 11.8 Å². The molecule has 0 aliphatic heterocycles. The predicted octanol–water partition coefficient (Wildman–Crippen LogP) is 37.0. The highest BCUT2D eigenvalue weighted by Crippen LogP contribution is 2.40. The minimum absolute atomic E-state index is 0.175. The average Bonchev–Trinajstić information content (AvgIpc) is 1.54. The SMILES string of the molecule is CC.CC.CC.CC.CC.CC.CC.CCC(C)(C#N)c1ccccc1.CCC(C)(C)C(=O)Oc1ccccc1.CCC(C)c1ccc2c(c1)oc1ccccc12.CCC(C)c1ccc2ccoc2c1.CCC(C)c1ccc2sccc2c1.CCC(C)c1cccc2[nH]c3ccccc3c12.CCC(C)c1cccc2c1sc1ccccc12. The van der Waals surface area contributed by atoms with E-state index in [9.17, 15) is 4.79 Å². The first-order valence-electron chi connectivity index (χ1n) is 44.3. The van der Waals surface area contributed by atoms with Crippen LogP contribution in [0.5, 0.6) is 5.75 Å². The minimum atomic E-state index is -0.407. The number of H-pyrrole nitrogens is 1. The van der Waals surface area contributed by atoms with Crippen molar-refractivity contribution in [2.45, 2.75) is 281 Å². The van der Waals surface area contributed by atoms with Crippen molar-refractivity contribution in [1.29, 1.82) is 5.26 Å². The zero-order valence-electron chi connectivity index (χ0n) is 77.4. The van der Waals surface area contributed by atoms with Gasteiger partial charge < -0.3 is 18.6 Å². The van der Waals surface area contributed by atoms with Crippen LogP contribution in [0.3, 0.4) is 0 Å². The number of thiophene rings is 2. The van der Waals surface area contributed by atoms with Crippen molar-refractivity contribution in [1.82, 2.24) is 4.98 Å². The molecule has 15 rings (SSSR count). The molecule has 6 unspecified atom stereocenters. The quantitative estimate of drug-likeness (QED) is 0.0815. The summed E-state index contributed by atoms with van der Waals surface area (Å²) in [6.07, 6.45) is 9.30. The van der Waals surface area contributed by atoms with Gasteiger partial charge in [-0.3, -0.25) is 4.79 Å². The molecule has 630 valence electrons. The van der Waals surface area contributed by atoms with E-state index in [1.165, 1.54) is 122 Å². The van der Waals surface area contributed by atoms with E-state index in [4.69, 9.17) is 18.8 Å². The van der Waals surface area contributed by atoms with Crippen LogP contribution in [-0.2, 0) is 10.2 Å². The number of carbonyl (C=O) groups is 1. The molecular weight excluding hydrogens is 1470 g/mol. The number of rotatable bonds is 15. The second kappa shape index (κ2) is 56.8. The van der Waals surface area contributed by atoms with Crippen LogP contribution in [0, 0.1) is 16.7 Å². The molecule has 6 nitrogen and oxygen atoms in total. The number of aromatic amines is 1. The van der Waals surface area contributed by atoms with Gasteiger partial charge in [0.1, 0.15) is 22.5 Å². The molecule has 10 aromatic carbocycles. The van der Waals surface area contributed by atoms with Crippen molar-refractivity contribution >= 4 is 114 Å². The van der Waals surface area contributed by atoms with Gasteiger partial charge in [0.05, 0.1) is 23.2 Å². The topological polar surface area (TPSA) is 92.2 Å². The summed E-state index contributed by atoms with van der Waals surface area (Å²) < 4.78 is 20.7. The van der Waals surface area contributed by atoms with E-state index in [2.05, 4.69) is 243 Å². The van der Waals surface area contributed by atoms with Crippen LogP contribution in [0.1, 0.15) is 309 Å². The highest BCUT2D eigenvalue weighted by molar-refractivity contribution is 7.26. The number of hydrogen-bond donors (Lipinski definition) is 1. The largest absolute Gasteiger partial charge is 0.464 e. The lowest BCUT2D eigenvalue weighted by Crippen LogP contribution is -2.28. The van der Waals surface area contributed by atoms with Crippen LogP contribution in [0.15, 0.2) is 257 Å². The molecule has 0 aliphatic carbocycles. The van der Waals surface area contributed by atoms with Crippen molar-refractivity contribution in [3.63, 3.8) is 0 Å². The van der Waals surface area contributed by atoms with Gasteiger partial charge in [-0.1, -0.05) is 350 Å². The van der Waals surface area contributed by atoms with Crippen LogP contribution in [0.2, 0.25) is 0 Å². The van der Waals surface area contributed by atoms with E-state index in [1.807, 2.05) is 221 Å². The Morgan fingerprint density at radius 1 is 0.419 bits per heavy atom. The number of esters is 1. The molecule has 8 heteroatoms. The molecule has 0 radical (unpaired) electrons. The molecule has 0 saturated carbocycles. The Hall–Kier alpha value is -9.52. The number of nitrogens with one attached hydrogen (secondary N) is 1. The van der Waals surface area contributed by atoms with Gasteiger partial charge in [0.25, 0.3) is 0 Å². The average molecular weight is 1610 g/mol. The molecule has 0 saturated heterocycles. The zero-order valence-corrected chi connectivity index (χ0v) is 79.0. The highest BCUT2D eigenvalue weighted by Gasteiger charge is 2.28. The van der Waals surface area contributed by atoms with Gasteiger partial charge in [0.2, 0.25) is 0 Å². The summed E-state index contributed by atoms with van der Waals surface area (Å²) in [6, 6.07) is 84.3. The summed E-state index contributed by atoms with van der Waals surface area (Å²) in [4.78, 5) is 15.1. The number of aromatic nitrogens is 1. The van der Waals surface area contributed by atoms with Gasteiger partial charge in [0, 0.05) is 62.8 Å². The molecule has 0 spiro atoms. The lowest BCUT2D eigenvalue weighted by atomic mass is 9.82. The van der Waals surface area contributed by atoms with Crippen LogP contribution in [-0.4, -0.2) is 11.0 Å². The molecular formula is C109H148N2O4S2. The Bertz CT molecular complexity index is 5090. The van der Waals surface area contributed by atoms with Gasteiger partial charge >= 0.3 is 5.97 Å². The summed E-state index contributed by atoms with van der Waals surface area (Å²) in [6.45, 7) is 60.3. The van der Waals surface area contributed by atoms with Crippen LogP contribution in [0.4, 0.5) is 0 Å². The first kappa shape index (κ1) is 104. The first-order chi connectivity index (χ1) is 56.8. The molecule has 0 fully saturated rings. The fourth-order valence-corrected chi connectivity index (χ4v) is 14.4. The summed E-state index contributed by atoms with van der Waals surface area (Å²) in [5.74, 6) is 3.58. The number of furan rings is 2. The molecule has 15 aromatic rings. The third kappa shape index (κ3) is 29.8. The van der Waals surface area contributed by atoms with Gasteiger partial charge in [-0.15, -0.1) is 22.7 Å². The fourth-order valence-electron chi connectivity index (χ4n) is 12.3. The summed E-state index contributed by atoms with van der Waals surface area (Å²) in [5, 5.41) is 21.7. The number of ether oxygens (including phenoxy) is 1. The predicted molar refractivity (Wildman–Crippen MR) is 526 cm³/mol. The van der Waals surface area contributed by atoms with E-state index in [0.29, 0.717) is 35.3 Å². The van der Waals surface area contributed by atoms with Crippen LogP contribution < -0.4 is 4.74 Å². The standard InChI is InChI=1S/C16H17N.C16H16O.C16H16S.C12H16O2.C12H14O.C12H14S.C11H13N.7C2H6/c1-3-11(2)12-8-6-10-15-16(12)13-7-4-5-9-14(13)17-15;1-3-11(2)12-8-9-14-13-6-4-5-7-15(13)17-16(14)10-12;1-3-11(2)12-8-6-9-14-13-7-4-5-10-15(13)17-16(12)14;1-4-12(2,3)11(13)14-10-8-6-5-7-9-10;1-3-9(2)11-5-4-10-6-7-13-12(10)8-11;1-3-9(2)10-4-5-12-11(8-10)6-7-13-12;1-3-11(2,9-12)10-7-5-4-6-8-10;7*1-2/h4-11,17H,3H2,1-2H3;2*4-11H,3H2,1-2H3;5-9H,4H2,1-3H3;2*4-9H,3H2,1-2H3;4-8H,3H2,1-2H3;7*1-2H3. The normalized spacial score (nSPS) is 12.0. The Balaban J connectivity index is 0.000000452. The Kier molecular flexibility index (Phi) is 50.2. The summed E-state index contributed by atoms with van der Waals surface area (Å²) in [7, 11) is 0. The number of fused-ring (bicyclic) bond motifs is 11. The van der Waals surface area contributed by atoms with Crippen molar-refractivity contribution in [2.24, 2.45) is 5.41 Å². The van der Waals surface area contributed by atoms with E-state index in [1.54, 1.807) is 18.4 Å². The van der Waals surface area contributed by atoms with Crippen molar-refractivity contribution in [3.05, 3.63) is 282 Å². The summed E-state index contributed by atoms with van der Waals surface area (Å²) in [5.41, 5.74) is 13.0. The lowest BCUT2D eigenvalue weighted by molar-refractivity contribution is -0.144. The molecule has 6 atom stereocenters. The Labute approximate surface area is 716 Å². The molecule has 0 aliphatic rings. The highest BCUT2D eigenvalue weighted by atomic mass is 32.1. The molecule has 5 aromatic heterocycles. The van der Waals surface area contributed by atoms with Gasteiger partial charge in [-0.05, 0) is 206 Å². The third-order valence-corrected chi connectivity index (χ3v) is 23.1. The van der Waals surface area contributed by atoms with E-state index in [-0.39, 0.29) is 11.4 Å². The van der Waals surface area contributed by atoms with E-state index in [0.717, 1.165) is 41.6 Å². The number of hydrogen-bond acceptors (Lipinski definition) is 7. The number of carbonyl (C=O) groups excluding carboxylic acids is 1. The Morgan fingerprint density at radius 3 is 1.47 bits per heavy atom.